The number of halogens is 3. The van der Waals surface area contributed by atoms with Crippen molar-refractivity contribution in [2.45, 2.75) is 18.9 Å². The topological polar surface area (TPSA) is 32.3 Å². The Labute approximate surface area is 115 Å². The fourth-order valence-corrected chi connectivity index (χ4v) is 2.82. The third-order valence-corrected chi connectivity index (χ3v) is 3.61. The lowest BCUT2D eigenvalue weighted by Crippen LogP contribution is -2.50. The van der Waals surface area contributed by atoms with Crippen LogP contribution in [0.2, 0.25) is 10.0 Å². The van der Waals surface area contributed by atoms with Crippen LogP contribution in [0, 0.1) is 5.82 Å². The highest BCUT2D eigenvalue weighted by Crippen LogP contribution is 2.36. The molecule has 0 bridgehead atoms. The maximum atomic E-state index is 13.1. The van der Waals surface area contributed by atoms with Crippen molar-refractivity contribution < 1.29 is 9.18 Å². The van der Waals surface area contributed by atoms with Crippen molar-refractivity contribution in [2.75, 3.05) is 18.5 Å². The summed E-state index contributed by atoms with van der Waals surface area (Å²) in [4.78, 5) is 13.7. The summed E-state index contributed by atoms with van der Waals surface area (Å²) in [7, 11) is 1.74. The molecule has 98 valence electrons. The Morgan fingerprint density at radius 2 is 2.00 bits per heavy atom. The minimum atomic E-state index is -0.511. The summed E-state index contributed by atoms with van der Waals surface area (Å²) >= 11 is 12.0. The van der Waals surface area contributed by atoms with E-state index in [-0.39, 0.29) is 22.0 Å². The fraction of sp³-hybridized carbons (Fsp3) is 0.417. The zero-order valence-corrected chi connectivity index (χ0v) is 11.4. The van der Waals surface area contributed by atoms with Gasteiger partial charge in [0, 0.05) is 6.54 Å². The van der Waals surface area contributed by atoms with Crippen LogP contribution in [0.25, 0.3) is 0 Å². The highest BCUT2D eigenvalue weighted by Gasteiger charge is 2.30. The molecule has 1 unspecified atom stereocenters. The van der Waals surface area contributed by atoms with Crippen LogP contribution in [-0.4, -0.2) is 25.5 Å². The predicted molar refractivity (Wildman–Crippen MR) is 70.9 cm³/mol. The first-order chi connectivity index (χ1) is 8.54. The maximum Gasteiger partial charge on any atom is 0.244 e. The van der Waals surface area contributed by atoms with Gasteiger partial charge in [-0.15, -0.1) is 0 Å². The largest absolute Gasteiger partial charge is 0.309 e. The molecule has 0 radical (unpaired) electrons. The van der Waals surface area contributed by atoms with Gasteiger partial charge >= 0.3 is 0 Å². The number of hydrogen-bond acceptors (Lipinski definition) is 2. The lowest BCUT2D eigenvalue weighted by Gasteiger charge is -2.33. The molecule has 18 heavy (non-hydrogen) atoms. The zero-order valence-electron chi connectivity index (χ0n) is 9.84. The maximum absolute atomic E-state index is 13.1. The molecule has 1 aliphatic heterocycles. The van der Waals surface area contributed by atoms with E-state index in [0.29, 0.717) is 12.2 Å². The van der Waals surface area contributed by atoms with Gasteiger partial charge in [0.25, 0.3) is 0 Å². The molecular weight excluding hydrogens is 278 g/mol. The summed E-state index contributed by atoms with van der Waals surface area (Å²) in [6.07, 6.45) is 1.63. The molecule has 1 saturated heterocycles. The third-order valence-electron chi connectivity index (χ3n) is 3.04. The van der Waals surface area contributed by atoms with Crippen LogP contribution < -0.4 is 10.2 Å². The standard InChI is InChI=1S/C12H13Cl2FN2O/c1-16-10-3-2-4-17(12(10)18)11-8(13)5-7(15)6-9(11)14/h5-6,10,16H,2-4H2,1H3. The Morgan fingerprint density at radius 3 is 2.56 bits per heavy atom. The van der Waals surface area contributed by atoms with Crippen molar-refractivity contribution in [1.29, 1.82) is 0 Å². The van der Waals surface area contributed by atoms with Crippen LogP contribution in [-0.2, 0) is 4.79 Å². The molecule has 1 fully saturated rings. The average molecular weight is 291 g/mol. The molecular formula is C12H13Cl2FN2O. The second-order valence-corrected chi connectivity index (χ2v) is 5.01. The fourth-order valence-electron chi connectivity index (χ4n) is 2.16. The van der Waals surface area contributed by atoms with Gasteiger partial charge in [0.1, 0.15) is 5.82 Å². The lowest BCUT2D eigenvalue weighted by atomic mass is 10.0. The Kier molecular flexibility index (Phi) is 4.10. The quantitative estimate of drug-likeness (QED) is 0.908. The predicted octanol–water partition coefficient (Wildman–Crippen LogP) is 2.85. The number of nitrogens with zero attached hydrogens (tertiary/aromatic N) is 1. The summed E-state index contributed by atoms with van der Waals surface area (Å²) in [6, 6.07) is 2.09. The van der Waals surface area contributed by atoms with Crippen LogP contribution in [0.1, 0.15) is 12.8 Å². The normalized spacial score (nSPS) is 20.3. The van der Waals surface area contributed by atoms with Gasteiger partial charge in [-0.3, -0.25) is 4.79 Å². The van der Waals surface area contributed by atoms with E-state index >= 15 is 0 Å². The molecule has 0 saturated carbocycles. The summed E-state index contributed by atoms with van der Waals surface area (Å²) < 4.78 is 13.1. The SMILES string of the molecule is CNC1CCCN(c2c(Cl)cc(F)cc2Cl)C1=O. The van der Waals surface area contributed by atoms with E-state index in [1.165, 1.54) is 17.0 Å². The molecule has 0 aromatic heterocycles. The highest BCUT2D eigenvalue weighted by atomic mass is 35.5. The van der Waals surface area contributed by atoms with Gasteiger partial charge in [-0.05, 0) is 32.0 Å². The van der Waals surface area contributed by atoms with E-state index in [1.807, 2.05) is 0 Å². The Bertz CT molecular complexity index is 458. The molecule has 1 aliphatic rings. The molecule has 1 N–H and O–H groups in total. The second kappa shape index (κ2) is 5.43. The molecule has 1 atom stereocenters. The van der Waals surface area contributed by atoms with E-state index < -0.39 is 5.82 Å². The van der Waals surface area contributed by atoms with E-state index in [9.17, 15) is 9.18 Å². The van der Waals surface area contributed by atoms with E-state index in [1.54, 1.807) is 7.05 Å². The van der Waals surface area contributed by atoms with Crippen molar-refractivity contribution >= 4 is 34.8 Å². The Morgan fingerprint density at radius 1 is 1.39 bits per heavy atom. The van der Waals surface area contributed by atoms with E-state index in [4.69, 9.17) is 23.2 Å². The number of amides is 1. The molecule has 2 rings (SSSR count). The first-order valence-electron chi connectivity index (χ1n) is 5.67. The van der Waals surface area contributed by atoms with Gasteiger partial charge in [-0.2, -0.15) is 0 Å². The first-order valence-corrected chi connectivity index (χ1v) is 6.43. The third kappa shape index (κ3) is 2.46. The number of anilines is 1. The number of benzene rings is 1. The molecule has 1 heterocycles. The summed E-state index contributed by atoms with van der Waals surface area (Å²) in [6.45, 7) is 0.544. The van der Waals surface area contributed by atoms with Gasteiger partial charge in [0.05, 0.1) is 21.8 Å². The van der Waals surface area contributed by atoms with Crippen molar-refractivity contribution in [1.82, 2.24) is 5.32 Å². The lowest BCUT2D eigenvalue weighted by molar-refractivity contribution is -0.121. The van der Waals surface area contributed by atoms with Crippen molar-refractivity contribution in [3.63, 3.8) is 0 Å². The minimum absolute atomic E-state index is 0.0841. The van der Waals surface area contributed by atoms with Crippen molar-refractivity contribution in [3.05, 3.63) is 28.0 Å². The van der Waals surface area contributed by atoms with Gasteiger partial charge in [-0.25, -0.2) is 4.39 Å². The highest BCUT2D eigenvalue weighted by molar-refractivity contribution is 6.40. The molecule has 1 amide bonds. The van der Waals surface area contributed by atoms with Gasteiger partial charge in [0.15, 0.2) is 0 Å². The van der Waals surface area contributed by atoms with Crippen LogP contribution in [0.5, 0.6) is 0 Å². The van der Waals surface area contributed by atoms with Gasteiger partial charge < -0.3 is 10.2 Å². The van der Waals surface area contributed by atoms with Crippen molar-refractivity contribution in [3.8, 4) is 0 Å². The average Bonchev–Trinajstić information content (AvgIpc) is 2.30. The van der Waals surface area contributed by atoms with Crippen LogP contribution in [0.15, 0.2) is 12.1 Å². The summed E-state index contributed by atoms with van der Waals surface area (Å²) in [5.74, 6) is -0.595. The van der Waals surface area contributed by atoms with Gasteiger partial charge in [0.2, 0.25) is 5.91 Å². The second-order valence-electron chi connectivity index (χ2n) is 4.19. The molecule has 3 nitrogen and oxygen atoms in total. The zero-order chi connectivity index (χ0) is 13.3. The van der Waals surface area contributed by atoms with Crippen LogP contribution >= 0.6 is 23.2 Å². The number of piperidine rings is 1. The monoisotopic (exact) mass is 290 g/mol. The number of nitrogens with one attached hydrogen (secondary N) is 1. The molecule has 6 heteroatoms. The minimum Gasteiger partial charge on any atom is -0.309 e. The number of likely N-dealkylation sites (N-methyl/N-ethyl adjacent to an activating group) is 1. The number of hydrogen-bond donors (Lipinski definition) is 1. The van der Waals surface area contributed by atoms with Gasteiger partial charge in [-0.1, -0.05) is 23.2 Å². The Hall–Kier alpha value is -0.840. The molecule has 1 aromatic carbocycles. The smallest absolute Gasteiger partial charge is 0.244 e. The van der Waals surface area contributed by atoms with Crippen LogP contribution in [0.3, 0.4) is 0 Å². The molecule has 0 aliphatic carbocycles. The number of carbonyl (C=O) groups is 1. The number of carbonyl (C=O) groups excluding carboxylic acids is 1. The van der Waals surface area contributed by atoms with E-state index in [2.05, 4.69) is 5.32 Å². The molecule has 0 spiro atoms. The Balaban J connectivity index is 2.39. The first kappa shape index (κ1) is 13.6. The van der Waals surface area contributed by atoms with Crippen molar-refractivity contribution in [2.24, 2.45) is 0 Å². The number of rotatable bonds is 2. The van der Waals surface area contributed by atoms with E-state index in [0.717, 1.165) is 12.8 Å². The van der Waals surface area contributed by atoms with Crippen LogP contribution in [0.4, 0.5) is 10.1 Å². The molecule has 1 aromatic rings. The summed E-state index contributed by atoms with van der Waals surface area (Å²) in [5.41, 5.74) is 0.393. The summed E-state index contributed by atoms with van der Waals surface area (Å²) in [5, 5.41) is 3.27.